The minimum Gasteiger partial charge on any atom is -0.455 e. The molecule has 1 aliphatic carbocycles. The van der Waals surface area contributed by atoms with Gasteiger partial charge in [-0.2, -0.15) is 35.1 Å². The second-order valence-corrected chi connectivity index (χ2v) is 17.1. The van der Waals surface area contributed by atoms with Gasteiger partial charge in [0.05, 0.1) is 22.3 Å². The van der Waals surface area contributed by atoms with Crippen LogP contribution in [0.2, 0.25) is 0 Å². The highest BCUT2D eigenvalue weighted by molar-refractivity contribution is 6.10. The highest BCUT2D eigenvalue weighted by Crippen LogP contribution is 2.65. The van der Waals surface area contributed by atoms with Crippen LogP contribution in [-0.2, 0) is 11.8 Å². The van der Waals surface area contributed by atoms with Crippen molar-refractivity contribution in [3.63, 3.8) is 0 Å². The fourth-order valence-corrected chi connectivity index (χ4v) is 9.05. The Morgan fingerprint density at radius 1 is 0.484 bits per heavy atom. The molecule has 0 unspecified atom stereocenters. The smallest absolute Gasteiger partial charge is 0.382 e. The summed E-state index contributed by atoms with van der Waals surface area (Å²) in [6.45, 7) is 8.66. The number of alkyl halides is 8. The maximum atomic E-state index is 15.1. The quantitative estimate of drug-likeness (QED) is 0.149. The van der Waals surface area contributed by atoms with Gasteiger partial charge in [0.1, 0.15) is 17.0 Å². The zero-order valence-electron chi connectivity index (χ0n) is 34.8. The van der Waals surface area contributed by atoms with Crippen molar-refractivity contribution in [2.45, 2.75) is 63.2 Å². The minimum atomic E-state index is -6.35. The first-order valence-electron chi connectivity index (χ1n) is 20.9. The summed E-state index contributed by atoms with van der Waals surface area (Å²) in [7, 11) is 0. The van der Waals surface area contributed by atoms with Crippen LogP contribution in [0.5, 0.6) is 0 Å². The van der Waals surface area contributed by atoms with E-state index in [2.05, 4.69) is 80.8 Å². The topological polar surface area (TPSA) is 31.0 Å². The van der Waals surface area contributed by atoms with Gasteiger partial charge in [-0.05, 0) is 105 Å². The molecule has 0 spiro atoms. The zero-order valence-corrected chi connectivity index (χ0v) is 34.8. The van der Waals surface area contributed by atoms with Gasteiger partial charge in [-0.25, -0.2) is 4.98 Å². The highest BCUT2D eigenvalue weighted by atomic mass is 19.4. The Hall–Kier alpha value is -6.75. The highest BCUT2D eigenvalue weighted by Gasteiger charge is 2.85. The van der Waals surface area contributed by atoms with E-state index in [1.807, 2.05) is 60.7 Å². The van der Waals surface area contributed by atoms with E-state index in [1.54, 1.807) is 6.07 Å². The number of hydrogen-bond acceptors (Lipinski definition) is 2. The summed E-state index contributed by atoms with van der Waals surface area (Å²) in [5.74, 6) is -23.0. The molecule has 0 fully saturated rings. The number of rotatable bonds is 7. The third kappa shape index (κ3) is 5.95. The number of para-hydroxylation sites is 3. The Bertz CT molecular complexity index is 3260. The van der Waals surface area contributed by atoms with E-state index in [4.69, 9.17) is 9.40 Å². The molecule has 10 rings (SSSR count). The molecular weight excluding hydrogens is 833 g/mol. The summed E-state index contributed by atoms with van der Waals surface area (Å²) in [6.07, 6.45) is 0. The predicted molar refractivity (Wildman–Crippen MR) is 236 cm³/mol. The molecule has 11 heteroatoms. The number of furan rings is 1. The summed E-state index contributed by atoms with van der Waals surface area (Å²) in [5, 5.41) is 1.32. The first-order chi connectivity index (χ1) is 30.4. The van der Waals surface area contributed by atoms with Gasteiger partial charge in [-0.15, -0.1) is 0 Å². The van der Waals surface area contributed by atoms with Crippen LogP contribution in [0.3, 0.4) is 0 Å². The van der Waals surface area contributed by atoms with Gasteiger partial charge in [-0.3, -0.25) is 4.57 Å². The Morgan fingerprint density at radius 2 is 1.03 bits per heavy atom. The average molecular weight is 871 g/mol. The summed E-state index contributed by atoms with van der Waals surface area (Å²) in [4.78, 5) is 5.21. The van der Waals surface area contributed by atoms with Gasteiger partial charge in [0.25, 0.3) is 0 Å². The second-order valence-electron chi connectivity index (χ2n) is 17.1. The number of fused-ring (bicyclic) bond motifs is 5. The van der Waals surface area contributed by atoms with E-state index in [1.165, 1.54) is 12.1 Å². The van der Waals surface area contributed by atoms with Crippen LogP contribution in [0.15, 0.2) is 150 Å². The Kier molecular flexibility index (Phi) is 9.28. The number of aromatic nitrogens is 2. The first kappa shape index (κ1) is 41.3. The monoisotopic (exact) mass is 870 g/mol. The van der Waals surface area contributed by atoms with E-state index >= 15 is 8.78 Å². The summed E-state index contributed by atoms with van der Waals surface area (Å²) in [6, 6.07) is 43.1. The van der Waals surface area contributed by atoms with Crippen LogP contribution in [-0.4, -0.2) is 21.4 Å². The molecule has 0 amide bonds. The van der Waals surface area contributed by atoms with Gasteiger partial charge in [0.15, 0.2) is 0 Å². The molecule has 64 heavy (non-hydrogen) atoms. The van der Waals surface area contributed by atoms with E-state index < -0.39 is 34.8 Å². The summed E-state index contributed by atoms with van der Waals surface area (Å²) >= 11 is 0. The first-order valence-corrected chi connectivity index (χ1v) is 20.9. The average Bonchev–Trinajstić information content (AvgIpc) is 3.86. The van der Waals surface area contributed by atoms with Crippen molar-refractivity contribution in [3.8, 4) is 50.5 Å². The molecule has 0 saturated heterocycles. The number of hydrogen-bond donors (Lipinski definition) is 0. The van der Waals surface area contributed by atoms with Crippen molar-refractivity contribution in [2.75, 3.05) is 0 Å². The molecular formula is C53H38F8N2O. The molecule has 2 aromatic heterocycles. The van der Waals surface area contributed by atoms with Crippen molar-refractivity contribution in [1.82, 2.24) is 9.55 Å². The minimum absolute atomic E-state index is 0.0861. The van der Waals surface area contributed by atoms with Crippen LogP contribution in [0.25, 0.3) is 83.4 Å². The maximum absolute atomic E-state index is 15.1. The molecule has 0 aliphatic heterocycles. The molecule has 0 saturated carbocycles. The number of halogens is 8. The molecule has 2 heterocycles. The molecule has 0 atom stereocenters. The zero-order chi connectivity index (χ0) is 45.1. The maximum Gasteiger partial charge on any atom is 0.382 e. The summed E-state index contributed by atoms with van der Waals surface area (Å²) in [5.41, 5.74) is 6.89. The molecule has 9 aromatic rings. The predicted octanol–water partition coefficient (Wildman–Crippen LogP) is 16.3. The Balaban J connectivity index is 1.13. The van der Waals surface area contributed by atoms with Crippen molar-refractivity contribution in [3.05, 3.63) is 168 Å². The van der Waals surface area contributed by atoms with E-state index in [9.17, 15) is 26.3 Å². The fraction of sp³-hybridized carbons (Fsp3) is 0.189. The number of imidazole rings is 1. The van der Waals surface area contributed by atoms with E-state index in [0.29, 0.717) is 39.9 Å². The lowest BCUT2D eigenvalue weighted by molar-refractivity contribution is -0.386. The third-order valence-corrected chi connectivity index (χ3v) is 12.5. The van der Waals surface area contributed by atoms with Crippen molar-refractivity contribution in [2.24, 2.45) is 0 Å². The van der Waals surface area contributed by atoms with E-state index in [0.717, 1.165) is 56.2 Å². The normalized spacial score (nSPS) is 16.3. The van der Waals surface area contributed by atoms with E-state index in [-0.39, 0.29) is 28.5 Å². The Labute approximate surface area is 362 Å². The molecule has 0 radical (unpaired) electrons. The van der Waals surface area contributed by atoms with Crippen LogP contribution < -0.4 is 0 Å². The molecule has 0 bridgehead atoms. The van der Waals surface area contributed by atoms with Crippen LogP contribution >= 0.6 is 0 Å². The van der Waals surface area contributed by atoms with Gasteiger partial charge < -0.3 is 4.42 Å². The largest absolute Gasteiger partial charge is 0.455 e. The van der Waals surface area contributed by atoms with Crippen LogP contribution in [0.4, 0.5) is 35.1 Å². The molecule has 322 valence electrons. The van der Waals surface area contributed by atoms with Crippen molar-refractivity contribution in [1.29, 1.82) is 0 Å². The van der Waals surface area contributed by atoms with Gasteiger partial charge in [0, 0.05) is 21.9 Å². The molecule has 3 nitrogen and oxygen atoms in total. The lowest BCUT2D eigenvalue weighted by Gasteiger charge is -2.42. The van der Waals surface area contributed by atoms with Gasteiger partial charge >= 0.3 is 23.7 Å². The van der Waals surface area contributed by atoms with Crippen LogP contribution in [0.1, 0.15) is 61.8 Å². The molecule has 7 aromatic carbocycles. The summed E-state index contributed by atoms with van der Waals surface area (Å²) < 4.78 is 126. The van der Waals surface area contributed by atoms with Crippen LogP contribution in [0, 0.1) is 0 Å². The number of nitrogens with zero attached hydrogens (tertiary/aromatic N) is 2. The van der Waals surface area contributed by atoms with Crippen molar-refractivity contribution < 1.29 is 39.5 Å². The lowest BCUT2D eigenvalue weighted by Crippen LogP contribution is -2.63. The molecule has 1 aliphatic rings. The standard InChI is InChI=1S/C53H38F8N2O/c1-29(2)40-25-36(33-19-17-32(18-20-33)31-11-6-5-7-12-31)26-41(30(3)4)47(40)63-45-16-9-8-15-44(45)62-49(63)39-14-10-13-38-37-23-21-35(28-46(37)64-48(38)39)34-22-24-42-43(27-34)51(56,57)53(60,61)52(58,59)50(42,54)55/h5-30H,1-4H3. The van der Waals surface area contributed by atoms with Gasteiger partial charge in [0.2, 0.25) is 0 Å². The van der Waals surface area contributed by atoms with Gasteiger partial charge in [-0.1, -0.05) is 125 Å². The SMILES string of the molecule is CC(C)c1cc(-c2ccc(-c3ccccc3)cc2)cc(C(C)C)c1-n1c(-c2cccc3c2oc2cc(-c4ccc5c(c4)C(F)(F)C(F)(F)C(F)(F)C5(F)F)ccc23)nc2ccccc21. The fourth-order valence-electron chi connectivity index (χ4n) is 9.05. The Morgan fingerprint density at radius 3 is 1.69 bits per heavy atom. The lowest BCUT2D eigenvalue weighted by atomic mass is 9.79. The second kappa shape index (κ2) is 14.4. The third-order valence-electron chi connectivity index (χ3n) is 12.5. The molecule has 0 N–H and O–H groups in total. The van der Waals surface area contributed by atoms with Crippen molar-refractivity contribution >= 4 is 33.0 Å². The number of benzene rings is 7.